The summed E-state index contributed by atoms with van der Waals surface area (Å²) in [6, 6.07) is 0. The molecule has 0 aromatic heterocycles. The van der Waals surface area contributed by atoms with Crippen LogP contribution in [0.3, 0.4) is 0 Å². The summed E-state index contributed by atoms with van der Waals surface area (Å²) in [6.07, 6.45) is 3.32. The van der Waals surface area contributed by atoms with Gasteiger partial charge in [0.05, 0.1) is 11.5 Å². The van der Waals surface area contributed by atoms with E-state index in [4.69, 9.17) is 0 Å². The molecule has 0 aromatic carbocycles. The Morgan fingerprint density at radius 2 is 1.89 bits per heavy atom. The van der Waals surface area contributed by atoms with Crippen molar-refractivity contribution in [3.8, 4) is 0 Å². The molecule has 1 fully saturated rings. The van der Waals surface area contributed by atoms with Crippen molar-refractivity contribution in [1.29, 1.82) is 0 Å². The summed E-state index contributed by atoms with van der Waals surface area (Å²) >= 11 is 0. The maximum absolute atomic E-state index is 12.1. The molecule has 2 N–H and O–H groups in total. The molecular formula is C14H25NO3. The number of aliphatic carboxylic acids is 1. The highest BCUT2D eigenvalue weighted by Gasteiger charge is 2.42. The molecule has 0 aliphatic heterocycles. The van der Waals surface area contributed by atoms with Crippen LogP contribution in [-0.2, 0) is 9.59 Å². The number of carboxylic acids is 1. The van der Waals surface area contributed by atoms with Gasteiger partial charge in [-0.25, -0.2) is 0 Å². The number of hydrogen-bond donors (Lipinski definition) is 2. The molecule has 0 aromatic rings. The minimum Gasteiger partial charge on any atom is -0.481 e. The SMILES string of the molecule is CC(C)C(C)C(=O)NC1(C)CCCCC1C(=O)O. The smallest absolute Gasteiger partial charge is 0.308 e. The summed E-state index contributed by atoms with van der Waals surface area (Å²) in [7, 11) is 0. The molecule has 0 heterocycles. The highest BCUT2D eigenvalue weighted by atomic mass is 16.4. The lowest BCUT2D eigenvalue weighted by atomic mass is 9.73. The highest BCUT2D eigenvalue weighted by molar-refractivity contribution is 5.81. The Labute approximate surface area is 109 Å². The van der Waals surface area contributed by atoms with E-state index >= 15 is 0 Å². The van der Waals surface area contributed by atoms with E-state index in [1.165, 1.54) is 0 Å². The van der Waals surface area contributed by atoms with Gasteiger partial charge in [0.1, 0.15) is 0 Å². The van der Waals surface area contributed by atoms with Crippen LogP contribution in [-0.4, -0.2) is 22.5 Å². The predicted molar refractivity (Wildman–Crippen MR) is 70.1 cm³/mol. The number of carbonyl (C=O) groups excluding carboxylic acids is 1. The summed E-state index contributed by atoms with van der Waals surface area (Å²) in [5.74, 6) is -1.11. The Morgan fingerprint density at radius 1 is 1.28 bits per heavy atom. The minimum atomic E-state index is -0.797. The van der Waals surface area contributed by atoms with E-state index in [0.29, 0.717) is 6.42 Å². The quantitative estimate of drug-likeness (QED) is 0.810. The van der Waals surface area contributed by atoms with Crippen LogP contribution in [0, 0.1) is 17.8 Å². The van der Waals surface area contributed by atoms with Crippen LogP contribution in [0.25, 0.3) is 0 Å². The Bertz CT molecular complexity index is 327. The van der Waals surface area contributed by atoms with E-state index in [0.717, 1.165) is 19.3 Å². The van der Waals surface area contributed by atoms with E-state index in [1.807, 2.05) is 27.7 Å². The van der Waals surface area contributed by atoms with Crippen LogP contribution in [0.15, 0.2) is 0 Å². The van der Waals surface area contributed by atoms with E-state index in [9.17, 15) is 14.7 Å². The molecule has 104 valence electrons. The van der Waals surface area contributed by atoms with Crippen LogP contribution >= 0.6 is 0 Å². The second-order valence-electron chi connectivity index (χ2n) is 6.08. The van der Waals surface area contributed by atoms with Gasteiger partial charge in [-0.15, -0.1) is 0 Å². The summed E-state index contributed by atoms with van der Waals surface area (Å²) in [4.78, 5) is 23.4. The maximum Gasteiger partial charge on any atom is 0.308 e. The van der Waals surface area contributed by atoms with Gasteiger partial charge in [-0.2, -0.15) is 0 Å². The second-order valence-corrected chi connectivity index (χ2v) is 6.08. The fourth-order valence-electron chi connectivity index (χ4n) is 2.58. The van der Waals surface area contributed by atoms with Gasteiger partial charge in [-0.3, -0.25) is 9.59 Å². The van der Waals surface area contributed by atoms with Crippen molar-refractivity contribution in [2.24, 2.45) is 17.8 Å². The third-order valence-corrected chi connectivity index (χ3v) is 4.33. The number of amides is 1. The molecule has 1 aliphatic rings. The van der Waals surface area contributed by atoms with Gasteiger partial charge in [-0.1, -0.05) is 33.6 Å². The summed E-state index contributed by atoms with van der Waals surface area (Å²) in [6.45, 7) is 7.77. The van der Waals surface area contributed by atoms with E-state index in [1.54, 1.807) is 0 Å². The summed E-state index contributed by atoms with van der Waals surface area (Å²) in [5.41, 5.74) is -0.593. The van der Waals surface area contributed by atoms with Crippen molar-refractivity contribution >= 4 is 11.9 Å². The normalized spacial score (nSPS) is 29.9. The molecule has 4 nitrogen and oxygen atoms in total. The monoisotopic (exact) mass is 255 g/mol. The molecular weight excluding hydrogens is 230 g/mol. The maximum atomic E-state index is 12.1. The van der Waals surface area contributed by atoms with Crippen LogP contribution in [0.1, 0.15) is 53.4 Å². The molecule has 18 heavy (non-hydrogen) atoms. The molecule has 1 amide bonds. The van der Waals surface area contributed by atoms with Crippen LogP contribution in [0.2, 0.25) is 0 Å². The van der Waals surface area contributed by atoms with Crippen LogP contribution in [0.5, 0.6) is 0 Å². The van der Waals surface area contributed by atoms with Crippen molar-refractivity contribution in [2.75, 3.05) is 0 Å². The molecule has 0 radical (unpaired) electrons. The zero-order valence-corrected chi connectivity index (χ0v) is 11.8. The van der Waals surface area contributed by atoms with Gasteiger partial charge < -0.3 is 10.4 Å². The number of carbonyl (C=O) groups is 2. The zero-order chi connectivity index (χ0) is 13.9. The van der Waals surface area contributed by atoms with Gasteiger partial charge in [0.2, 0.25) is 5.91 Å². The van der Waals surface area contributed by atoms with E-state index < -0.39 is 17.4 Å². The zero-order valence-electron chi connectivity index (χ0n) is 11.8. The Hall–Kier alpha value is -1.06. The number of carboxylic acid groups (broad SMARTS) is 1. The van der Waals surface area contributed by atoms with Gasteiger partial charge in [0.15, 0.2) is 0 Å². The first-order valence-electron chi connectivity index (χ1n) is 6.83. The Balaban J connectivity index is 2.78. The third-order valence-electron chi connectivity index (χ3n) is 4.33. The van der Waals surface area contributed by atoms with Crippen LogP contribution < -0.4 is 5.32 Å². The van der Waals surface area contributed by atoms with E-state index in [2.05, 4.69) is 5.32 Å². The topological polar surface area (TPSA) is 66.4 Å². The summed E-state index contributed by atoms with van der Waals surface area (Å²) < 4.78 is 0. The standard InChI is InChI=1S/C14H25NO3/c1-9(2)10(3)12(16)15-14(4)8-6-5-7-11(14)13(17)18/h9-11H,5-8H2,1-4H3,(H,15,16)(H,17,18). The Morgan fingerprint density at radius 3 is 2.39 bits per heavy atom. The molecule has 3 atom stereocenters. The molecule has 1 saturated carbocycles. The lowest BCUT2D eigenvalue weighted by Crippen LogP contribution is -2.56. The van der Waals surface area contributed by atoms with Crippen molar-refractivity contribution in [2.45, 2.75) is 58.9 Å². The third kappa shape index (κ3) is 3.24. The average Bonchev–Trinajstić information content (AvgIpc) is 2.27. The molecule has 0 bridgehead atoms. The number of nitrogens with one attached hydrogen (secondary N) is 1. The molecule has 1 aliphatic carbocycles. The largest absolute Gasteiger partial charge is 0.481 e. The second kappa shape index (κ2) is 5.72. The van der Waals surface area contributed by atoms with Gasteiger partial charge in [0.25, 0.3) is 0 Å². The molecule has 4 heteroatoms. The highest BCUT2D eigenvalue weighted by Crippen LogP contribution is 2.34. The molecule has 3 unspecified atom stereocenters. The van der Waals surface area contributed by atoms with Crippen molar-refractivity contribution in [1.82, 2.24) is 5.32 Å². The van der Waals surface area contributed by atoms with Gasteiger partial charge in [-0.05, 0) is 25.7 Å². The Kier molecular flexibility index (Phi) is 4.77. The first-order chi connectivity index (χ1) is 8.28. The lowest BCUT2D eigenvalue weighted by molar-refractivity contribution is -0.147. The first-order valence-corrected chi connectivity index (χ1v) is 6.83. The fourth-order valence-corrected chi connectivity index (χ4v) is 2.58. The summed E-state index contributed by atoms with van der Waals surface area (Å²) in [5, 5.41) is 12.3. The van der Waals surface area contributed by atoms with Gasteiger partial charge in [0, 0.05) is 5.92 Å². The molecule has 0 saturated heterocycles. The lowest BCUT2D eigenvalue weighted by Gasteiger charge is -2.40. The van der Waals surface area contributed by atoms with Crippen molar-refractivity contribution in [3.05, 3.63) is 0 Å². The average molecular weight is 255 g/mol. The number of rotatable bonds is 4. The first kappa shape index (κ1) is 15.0. The number of hydrogen-bond acceptors (Lipinski definition) is 2. The predicted octanol–water partition coefficient (Wildman–Crippen LogP) is 2.43. The van der Waals surface area contributed by atoms with Crippen molar-refractivity contribution < 1.29 is 14.7 Å². The van der Waals surface area contributed by atoms with Crippen LogP contribution in [0.4, 0.5) is 0 Å². The van der Waals surface area contributed by atoms with E-state index in [-0.39, 0.29) is 17.7 Å². The fraction of sp³-hybridized carbons (Fsp3) is 0.857. The van der Waals surface area contributed by atoms with Crippen molar-refractivity contribution in [3.63, 3.8) is 0 Å². The molecule has 1 rings (SSSR count). The minimum absolute atomic E-state index is 0.0272. The molecule has 0 spiro atoms. The van der Waals surface area contributed by atoms with Gasteiger partial charge >= 0.3 is 5.97 Å².